The smallest absolute Gasteiger partial charge is 0.125 e. The summed E-state index contributed by atoms with van der Waals surface area (Å²) in [5, 5.41) is 4.13. The maximum absolute atomic E-state index is 13.3. The quantitative estimate of drug-likeness (QED) is 0.907. The molecule has 0 aliphatic carbocycles. The summed E-state index contributed by atoms with van der Waals surface area (Å²) in [6.45, 7) is 7.19. The molecule has 0 bridgehead atoms. The fourth-order valence-corrected chi connectivity index (χ4v) is 2.90. The highest BCUT2D eigenvalue weighted by molar-refractivity contribution is 6.33. The Labute approximate surface area is 113 Å². The van der Waals surface area contributed by atoms with Crippen molar-refractivity contribution in [2.75, 3.05) is 24.5 Å². The Morgan fingerprint density at radius 2 is 2.28 bits per heavy atom. The van der Waals surface area contributed by atoms with Crippen molar-refractivity contribution in [3.63, 3.8) is 0 Å². The van der Waals surface area contributed by atoms with E-state index < -0.39 is 0 Å². The molecule has 1 aromatic rings. The van der Waals surface area contributed by atoms with Crippen molar-refractivity contribution in [1.82, 2.24) is 5.32 Å². The van der Waals surface area contributed by atoms with Crippen LogP contribution in [0.25, 0.3) is 0 Å². The highest BCUT2D eigenvalue weighted by atomic mass is 35.5. The molecule has 0 saturated carbocycles. The van der Waals surface area contributed by atoms with Crippen LogP contribution in [0.3, 0.4) is 0 Å². The van der Waals surface area contributed by atoms with Crippen molar-refractivity contribution in [1.29, 1.82) is 0 Å². The first-order valence-electron chi connectivity index (χ1n) is 6.55. The monoisotopic (exact) mass is 270 g/mol. The highest BCUT2D eigenvalue weighted by Gasteiger charge is 2.26. The largest absolute Gasteiger partial charge is 0.370 e. The number of benzene rings is 1. The fraction of sp³-hybridized carbons (Fsp3) is 0.571. The summed E-state index contributed by atoms with van der Waals surface area (Å²) in [7, 11) is 0. The molecule has 0 aromatic heterocycles. The molecule has 0 amide bonds. The lowest BCUT2D eigenvalue weighted by atomic mass is 9.93. The van der Waals surface area contributed by atoms with E-state index in [4.69, 9.17) is 11.6 Å². The summed E-state index contributed by atoms with van der Waals surface area (Å²) in [6.07, 6.45) is 1.07. The van der Waals surface area contributed by atoms with E-state index in [0.29, 0.717) is 17.0 Å². The number of halogens is 2. The van der Waals surface area contributed by atoms with Gasteiger partial charge in [0.15, 0.2) is 0 Å². The van der Waals surface area contributed by atoms with Crippen molar-refractivity contribution in [2.45, 2.75) is 26.3 Å². The lowest BCUT2D eigenvalue weighted by Crippen LogP contribution is -2.48. The number of hydrogen-bond donors (Lipinski definition) is 1. The molecule has 2 atom stereocenters. The third kappa shape index (κ3) is 2.96. The van der Waals surface area contributed by atoms with E-state index in [1.54, 1.807) is 6.07 Å². The molecular formula is C14H20ClFN2. The van der Waals surface area contributed by atoms with Gasteiger partial charge < -0.3 is 10.2 Å². The molecule has 1 aromatic carbocycles. The van der Waals surface area contributed by atoms with Gasteiger partial charge in [-0.15, -0.1) is 0 Å². The van der Waals surface area contributed by atoms with E-state index in [-0.39, 0.29) is 5.82 Å². The molecule has 1 aliphatic rings. The standard InChI is InChI=1S/C14H20ClFN2/c1-3-17-13-6-7-18(9-10(13)2)14-8-11(16)4-5-12(14)15/h4-5,8,10,13,17H,3,6-7,9H2,1-2H3. The fourth-order valence-electron chi connectivity index (χ4n) is 2.66. The number of rotatable bonds is 3. The number of piperidine rings is 1. The third-order valence-electron chi connectivity index (χ3n) is 3.62. The summed E-state index contributed by atoms with van der Waals surface area (Å²) in [5.41, 5.74) is 0.818. The highest BCUT2D eigenvalue weighted by Crippen LogP contribution is 2.30. The maximum Gasteiger partial charge on any atom is 0.125 e. The summed E-state index contributed by atoms with van der Waals surface area (Å²) in [6, 6.07) is 5.12. The van der Waals surface area contributed by atoms with Crippen molar-refractivity contribution in [3.8, 4) is 0 Å². The van der Waals surface area contributed by atoms with E-state index in [2.05, 4.69) is 24.1 Å². The molecule has 2 nitrogen and oxygen atoms in total. The summed E-state index contributed by atoms with van der Waals surface area (Å²) < 4.78 is 13.3. The van der Waals surface area contributed by atoms with Gasteiger partial charge in [-0.2, -0.15) is 0 Å². The van der Waals surface area contributed by atoms with E-state index in [1.807, 2.05) is 0 Å². The number of nitrogens with one attached hydrogen (secondary N) is 1. The number of hydrogen-bond acceptors (Lipinski definition) is 2. The summed E-state index contributed by atoms with van der Waals surface area (Å²) in [5.74, 6) is 0.314. The first-order chi connectivity index (χ1) is 8.61. The molecule has 100 valence electrons. The van der Waals surface area contributed by atoms with Crippen molar-refractivity contribution >= 4 is 17.3 Å². The van der Waals surface area contributed by atoms with Crippen molar-refractivity contribution in [2.24, 2.45) is 5.92 Å². The van der Waals surface area contributed by atoms with Crippen LogP contribution in [0.2, 0.25) is 5.02 Å². The molecule has 2 rings (SSSR count). The molecule has 4 heteroatoms. The Bertz CT molecular complexity index is 411. The van der Waals surface area contributed by atoms with Crippen molar-refractivity contribution in [3.05, 3.63) is 29.0 Å². The first-order valence-corrected chi connectivity index (χ1v) is 6.93. The number of anilines is 1. The van der Waals surface area contributed by atoms with Gasteiger partial charge in [-0.1, -0.05) is 25.4 Å². The molecular weight excluding hydrogens is 251 g/mol. The molecule has 1 N–H and O–H groups in total. The topological polar surface area (TPSA) is 15.3 Å². The van der Waals surface area contributed by atoms with Crippen LogP contribution in [-0.2, 0) is 0 Å². The maximum atomic E-state index is 13.3. The Morgan fingerprint density at radius 3 is 2.94 bits per heavy atom. The van der Waals surface area contributed by atoms with Gasteiger partial charge in [0.2, 0.25) is 0 Å². The van der Waals surface area contributed by atoms with E-state index in [0.717, 1.165) is 31.7 Å². The van der Waals surface area contributed by atoms with Gasteiger partial charge in [0.05, 0.1) is 10.7 Å². The average Bonchev–Trinajstić information content (AvgIpc) is 2.35. The predicted molar refractivity (Wildman–Crippen MR) is 74.9 cm³/mol. The third-order valence-corrected chi connectivity index (χ3v) is 3.94. The Morgan fingerprint density at radius 1 is 1.50 bits per heavy atom. The van der Waals surface area contributed by atoms with Gasteiger partial charge in [0.1, 0.15) is 5.82 Å². The normalized spacial score (nSPS) is 24.3. The minimum atomic E-state index is -0.226. The molecule has 1 fully saturated rings. The summed E-state index contributed by atoms with van der Waals surface area (Å²) >= 11 is 6.15. The molecule has 1 saturated heterocycles. The average molecular weight is 271 g/mol. The second kappa shape index (κ2) is 5.89. The lowest BCUT2D eigenvalue weighted by molar-refractivity contribution is 0.327. The van der Waals surface area contributed by atoms with Crippen LogP contribution in [0.1, 0.15) is 20.3 Å². The van der Waals surface area contributed by atoms with Gasteiger partial charge in [0, 0.05) is 19.1 Å². The number of nitrogens with zero attached hydrogens (tertiary/aromatic N) is 1. The van der Waals surface area contributed by atoms with Crippen LogP contribution >= 0.6 is 11.6 Å². The Balaban J connectivity index is 2.10. The van der Waals surface area contributed by atoms with Crippen LogP contribution in [0.5, 0.6) is 0 Å². The van der Waals surface area contributed by atoms with Crippen LogP contribution in [0.4, 0.5) is 10.1 Å². The van der Waals surface area contributed by atoms with Gasteiger partial charge >= 0.3 is 0 Å². The summed E-state index contributed by atoms with van der Waals surface area (Å²) in [4.78, 5) is 2.18. The zero-order valence-electron chi connectivity index (χ0n) is 10.9. The van der Waals surface area contributed by atoms with E-state index in [1.165, 1.54) is 12.1 Å². The zero-order valence-corrected chi connectivity index (χ0v) is 11.7. The first kappa shape index (κ1) is 13.6. The van der Waals surface area contributed by atoms with Crippen molar-refractivity contribution < 1.29 is 4.39 Å². The van der Waals surface area contributed by atoms with Gasteiger partial charge in [-0.05, 0) is 37.1 Å². The molecule has 1 heterocycles. The Kier molecular flexibility index (Phi) is 4.46. The van der Waals surface area contributed by atoms with Crippen LogP contribution in [-0.4, -0.2) is 25.7 Å². The molecule has 2 unspecified atom stereocenters. The second-order valence-electron chi connectivity index (χ2n) is 4.97. The molecule has 18 heavy (non-hydrogen) atoms. The van der Waals surface area contributed by atoms with Gasteiger partial charge in [-0.3, -0.25) is 0 Å². The predicted octanol–water partition coefficient (Wildman–Crippen LogP) is 3.30. The lowest BCUT2D eigenvalue weighted by Gasteiger charge is -2.39. The van der Waals surface area contributed by atoms with Crippen LogP contribution < -0.4 is 10.2 Å². The van der Waals surface area contributed by atoms with Gasteiger partial charge in [-0.25, -0.2) is 4.39 Å². The van der Waals surface area contributed by atoms with Crippen LogP contribution in [0, 0.1) is 11.7 Å². The molecule has 1 aliphatic heterocycles. The van der Waals surface area contributed by atoms with E-state index >= 15 is 0 Å². The van der Waals surface area contributed by atoms with E-state index in [9.17, 15) is 4.39 Å². The minimum Gasteiger partial charge on any atom is -0.370 e. The minimum absolute atomic E-state index is 0.226. The molecule has 0 radical (unpaired) electrons. The van der Waals surface area contributed by atoms with Crippen LogP contribution in [0.15, 0.2) is 18.2 Å². The second-order valence-corrected chi connectivity index (χ2v) is 5.38. The van der Waals surface area contributed by atoms with Gasteiger partial charge in [0.25, 0.3) is 0 Å². The Hall–Kier alpha value is -0.800. The SMILES string of the molecule is CCNC1CCN(c2cc(F)ccc2Cl)CC1C. The zero-order chi connectivity index (χ0) is 13.1. The molecule has 0 spiro atoms.